The molecule has 8 heteroatoms. The highest BCUT2D eigenvalue weighted by atomic mass is 16.3. The smallest absolute Gasteiger partial charge is 0.254 e. The maximum atomic E-state index is 13.2. The lowest BCUT2D eigenvalue weighted by Gasteiger charge is -2.23. The monoisotopic (exact) mass is 422 g/mol. The van der Waals surface area contributed by atoms with Gasteiger partial charge >= 0.3 is 0 Å². The first-order chi connectivity index (χ1) is 14.9. The number of amides is 1. The van der Waals surface area contributed by atoms with Gasteiger partial charge in [0, 0.05) is 49.4 Å². The molecule has 0 saturated carbocycles. The summed E-state index contributed by atoms with van der Waals surface area (Å²) in [5.41, 5.74) is 3.34. The van der Waals surface area contributed by atoms with E-state index in [1.807, 2.05) is 45.0 Å². The number of aromatic nitrogens is 2. The maximum absolute atomic E-state index is 13.2. The second-order valence-electron chi connectivity index (χ2n) is 7.06. The molecule has 164 valence electrons. The van der Waals surface area contributed by atoms with E-state index >= 15 is 0 Å². The van der Waals surface area contributed by atoms with E-state index in [0.29, 0.717) is 36.8 Å². The molecular formula is C23H30N6O2. The van der Waals surface area contributed by atoms with Crippen molar-refractivity contribution in [2.24, 2.45) is 9.98 Å². The summed E-state index contributed by atoms with van der Waals surface area (Å²) in [4.78, 5) is 31.4. The Morgan fingerprint density at radius 3 is 2.74 bits per heavy atom. The van der Waals surface area contributed by atoms with E-state index in [2.05, 4.69) is 32.0 Å². The molecule has 2 rings (SSSR count). The van der Waals surface area contributed by atoms with Crippen molar-refractivity contribution < 1.29 is 9.90 Å². The molecular weight excluding hydrogens is 392 g/mol. The molecule has 1 aromatic carbocycles. The van der Waals surface area contributed by atoms with Crippen LogP contribution in [-0.2, 0) is 6.54 Å². The fourth-order valence-corrected chi connectivity index (χ4v) is 3.11. The molecule has 0 atom stereocenters. The number of carbonyl (C=O) groups excluding carboxylic acids is 1. The quantitative estimate of drug-likeness (QED) is 0.542. The van der Waals surface area contributed by atoms with Gasteiger partial charge in [0.15, 0.2) is 0 Å². The summed E-state index contributed by atoms with van der Waals surface area (Å²) in [5, 5.41) is 12.7. The minimum absolute atomic E-state index is 0.115. The lowest BCUT2D eigenvalue weighted by molar-refractivity contribution is 0.0728. The van der Waals surface area contributed by atoms with Gasteiger partial charge in [-0.2, -0.15) is 0 Å². The first-order valence-electron chi connectivity index (χ1n) is 10.1. The van der Waals surface area contributed by atoms with Gasteiger partial charge in [0.1, 0.15) is 11.6 Å². The Morgan fingerprint density at radius 1 is 1.23 bits per heavy atom. The fourth-order valence-electron chi connectivity index (χ4n) is 3.11. The molecule has 31 heavy (non-hydrogen) atoms. The third-order valence-corrected chi connectivity index (χ3v) is 4.45. The predicted molar refractivity (Wildman–Crippen MR) is 125 cm³/mol. The lowest BCUT2D eigenvalue weighted by atomic mass is 10.0. The number of nitrogens with one attached hydrogen (secondary N) is 1. The van der Waals surface area contributed by atoms with Crippen LogP contribution in [0.3, 0.4) is 0 Å². The molecule has 2 N–H and O–H groups in total. The van der Waals surface area contributed by atoms with E-state index in [0.717, 1.165) is 16.8 Å². The highest BCUT2D eigenvalue weighted by molar-refractivity contribution is 5.96. The Labute approximate surface area is 183 Å². The lowest BCUT2D eigenvalue weighted by Crippen LogP contribution is -2.37. The van der Waals surface area contributed by atoms with Crippen LogP contribution in [0.15, 0.2) is 46.5 Å². The Morgan fingerprint density at radius 2 is 2.03 bits per heavy atom. The third-order valence-electron chi connectivity index (χ3n) is 4.45. The number of rotatable bonds is 11. The molecule has 8 nitrogen and oxygen atoms in total. The molecule has 0 radical (unpaired) electrons. The van der Waals surface area contributed by atoms with Crippen molar-refractivity contribution in [1.29, 1.82) is 0 Å². The molecule has 0 aliphatic rings. The van der Waals surface area contributed by atoms with Gasteiger partial charge in [-0.05, 0) is 45.2 Å². The Kier molecular flexibility index (Phi) is 9.51. The first kappa shape index (κ1) is 23.9. The molecule has 0 saturated heterocycles. The summed E-state index contributed by atoms with van der Waals surface area (Å²) in [6.07, 6.45) is 4.86. The van der Waals surface area contributed by atoms with Crippen LogP contribution in [0.4, 0.5) is 5.82 Å². The zero-order valence-electron chi connectivity index (χ0n) is 18.4. The molecule has 1 amide bonds. The number of hydrogen-bond acceptors (Lipinski definition) is 7. The predicted octanol–water partition coefficient (Wildman–Crippen LogP) is 2.73. The van der Waals surface area contributed by atoms with Crippen LogP contribution in [-0.4, -0.2) is 65.1 Å². The number of aliphatic hydroxyl groups is 1. The summed E-state index contributed by atoms with van der Waals surface area (Å²) >= 11 is 0. The van der Waals surface area contributed by atoms with Crippen LogP contribution < -0.4 is 5.32 Å². The van der Waals surface area contributed by atoms with Gasteiger partial charge < -0.3 is 15.3 Å². The van der Waals surface area contributed by atoms with Crippen LogP contribution in [0.25, 0.3) is 0 Å². The van der Waals surface area contributed by atoms with Crippen molar-refractivity contribution in [2.75, 3.05) is 31.6 Å². The van der Waals surface area contributed by atoms with E-state index in [-0.39, 0.29) is 19.1 Å². The number of anilines is 1. The van der Waals surface area contributed by atoms with Crippen molar-refractivity contribution in [3.8, 4) is 0 Å². The number of allylic oxidation sites excluding steroid dienone is 1. The van der Waals surface area contributed by atoms with E-state index < -0.39 is 0 Å². The fraction of sp³-hybridized carbons (Fsp3) is 0.348. The molecule has 1 aromatic heterocycles. The Balaban J connectivity index is 2.11. The number of carbonyl (C=O) groups is 1. The van der Waals surface area contributed by atoms with Crippen molar-refractivity contribution in [2.45, 2.75) is 27.3 Å². The molecule has 0 aliphatic carbocycles. The molecule has 1 heterocycles. The summed E-state index contributed by atoms with van der Waals surface area (Å²) < 4.78 is 0. The van der Waals surface area contributed by atoms with Gasteiger partial charge in [0.05, 0.1) is 13.2 Å². The standard InChI is InChI=1S/C23H30N6O2/c1-17-6-7-21(20(14-17)16-25-9-5-8-24-4)23(31)29(12-13-30)11-10-26-22-15-18(2)27-19(3)28-22/h5-9,14-15,30H,4,10-13,16H2,1-3H3,(H,26,27,28)/b8-5-,25-9?. The summed E-state index contributed by atoms with van der Waals surface area (Å²) in [6.45, 7) is 10.5. The van der Waals surface area contributed by atoms with Gasteiger partial charge in [0.25, 0.3) is 5.91 Å². The number of aliphatic imine (C=N–C) groups is 2. The van der Waals surface area contributed by atoms with Gasteiger partial charge in [-0.15, -0.1) is 0 Å². The van der Waals surface area contributed by atoms with Crippen LogP contribution >= 0.6 is 0 Å². The molecule has 0 unspecified atom stereocenters. The molecule has 2 aromatic rings. The minimum atomic E-state index is -0.139. The largest absolute Gasteiger partial charge is 0.395 e. The number of nitrogens with zero attached hydrogens (tertiary/aromatic N) is 5. The highest BCUT2D eigenvalue weighted by Crippen LogP contribution is 2.16. The first-order valence-corrected chi connectivity index (χ1v) is 10.1. The second kappa shape index (κ2) is 12.3. The average molecular weight is 423 g/mol. The number of benzene rings is 1. The van der Waals surface area contributed by atoms with Crippen molar-refractivity contribution in [3.63, 3.8) is 0 Å². The molecule has 0 fully saturated rings. The van der Waals surface area contributed by atoms with Gasteiger partial charge in [-0.1, -0.05) is 17.7 Å². The topological polar surface area (TPSA) is 103 Å². The van der Waals surface area contributed by atoms with Gasteiger partial charge in [-0.25, -0.2) is 9.97 Å². The minimum Gasteiger partial charge on any atom is -0.395 e. The average Bonchev–Trinajstić information content (AvgIpc) is 2.72. The highest BCUT2D eigenvalue weighted by Gasteiger charge is 2.18. The summed E-state index contributed by atoms with van der Waals surface area (Å²) in [7, 11) is 0. The third kappa shape index (κ3) is 7.75. The van der Waals surface area contributed by atoms with Gasteiger partial charge in [0.2, 0.25) is 0 Å². The maximum Gasteiger partial charge on any atom is 0.254 e. The number of aryl methyl sites for hydroxylation is 3. The second-order valence-corrected chi connectivity index (χ2v) is 7.06. The number of aliphatic hydroxyl groups excluding tert-OH is 1. The van der Waals surface area contributed by atoms with E-state index in [4.69, 9.17) is 0 Å². The SMILES string of the molecule is C=N/C=C\C=NCc1cc(C)ccc1C(=O)N(CCO)CCNc1cc(C)nc(C)n1. The van der Waals surface area contributed by atoms with Crippen molar-refractivity contribution >= 4 is 24.7 Å². The van der Waals surface area contributed by atoms with Crippen molar-refractivity contribution in [3.05, 3.63) is 64.8 Å². The van der Waals surface area contributed by atoms with E-state index in [1.165, 1.54) is 0 Å². The molecule has 0 aliphatic heterocycles. The van der Waals surface area contributed by atoms with Crippen LogP contribution in [0.2, 0.25) is 0 Å². The van der Waals surface area contributed by atoms with Crippen LogP contribution in [0.5, 0.6) is 0 Å². The Bertz CT molecular complexity index is 935. The zero-order valence-corrected chi connectivity index (χ0v) is 18.4. The summed E-state index contributed by atoms with van der Waals surface area (Å²) in [5.74, 6) is 1.27. The van der Waals surface area contributed by atoms with E-state index in [1.54, 1.807) is 23.4 Å². The van der Waals surface area contributed by atoms with Gasteiger partial charge in [-0.3, -0.25) is 14.8 Å². The number of hydrogen-bond donors (Lipinski definition) is 2. The molecule has 0 spiro atoms. The van der Waals surface area contributed by atoms with Crippen molar-refractivity contribution in [1.82, 2.24) is 14.9 Å². The van der Waals surface area contributed by atoms with E-state index in [9.17, 15) is 9.90 Å². The Hall–Kier alpha value is -3.39. The summed E-state index contributed by atoms with van der Waals surface area (Å²) in [6, 6.07) is 7.54. The molecule has 0 bridgehead atoms. The normalized spacial score (nSPS) is 11.2. The zero-order chi connectivity index (χ0) is 22.6. The van der Waals surface area contributed by atoms with Crippen LogP contribution in [0.1, 0.15) is 33.0 Å². The van der Waals surface area contributed by atoms with Crippen LogP contribution in [0, 0.1) is 20.8 Å².